The molecule has 14 heavy (non-hydrogen) atoms. The number of rotatable bonds is 2. The highest BCUT2D eigenvalue weighted by Crippen LogP contribution is 2.28. The van der Waals surface area contributed by atoms with Crippen LogP contribution in [0.5, 0.6) is 0 Å². The summed E-state index contributed by atoms with van der Waals surface area (Å²) < 4.78 is 5.35. The predicted molar refractivity (Wildman–Crippen MR) is 56.3 cm³/mol. The summed E-state index contributed by atoms with van der Waals surface area (Å²) in [6, 6.07) is 5.67. The Morgan fingerprint density at radius 1 is 1.50 bits per heavy atom. The predicted octanol–water partition coefficient (Wildman–Crippen LogP) is 0.889. The monoisotopic (exact) mass is 193 g/mol. The molecule has 0 radical (unpaired) electrons. The standard InChI is InChI=1S/C10H15N3O/c1-10(14-2)6-13(7-10)9-5-3-4-8(11)12-9/h3-5H,6-7H2,1-2H3,(H2,11,12). The SMILES string of the molecule is COC1(C)CN(c2cccc(N)n2)C1. The second-order valence-electron chi connectivity index (χ2n) is 3.93. The first kappa shape index (κ1) is 9.27. The Morgan fingerprint density at radius 3 is 2.79 bits per heavy atom. The molecule has 0 aromatic carbocycles. The number of ether oxygens (including phenoxy) is 1. The molecule has 0 aliphatic carbocycles. The van der Waals surface area contributed by atoms with Gasteiger partial charge in [0.15, 0.2) is 0 Å². The van der Waals surface area contributed by atoms with Crippen molar-refractivity contribution >= 4 is 11.6 Å². The summed E-state index contributed by atoms with van der Waals surface area (Å²) in [5, 5.41) is 0. The number of methoxy groups -OCH3 is 1. The molecule has 1 aliphatic rings. The fourth-order valence-electron chi connectivity index (χ4n) is 1.67. The second-order valence-corrected chi connectivity index (χ2v) is 3.93. The molecular formula is C10H15N3O. The van der Waals surface area contributed by atoms with E-state index in [1.165, 1.54) is 0 Å². The normalized spacial score (nSPS) is 19.1. The van der Waals surface area contributed by atoms with E-state index in [-0.39, 0.29) is 5.60 Å². The smallest absolute Gasteiger partial charge is 0.131 e. The van der Waals surface area contributed by atoms with Gasteiger partial charge in [-0.1, -0.05) is 6.07 Å². The van der Waals surface area contributed by atoms with Gasteiger partial charge < -0.3 is 15.4 Å². The highest BCUT2D eigenvalue weighted by Gasteiger charge is 2.39. The third-order valence-electron chi connectivity index (χ3n) is 2.62. The molecular weight excluding hydrogens is 178 g/mol. The van der Waals surface area contributed by atoms with Crippen LogP contribution in [-0.2, 0) is 4.74 Å². The van der Waals surface area contributed by atoms with Crippen LogP contribution >= 0.6 is 0 Å². The van der Waals surface area contributed by atoms with Crippen molar-refractivity contribution in [1.82, 2.24) is 4.98 Å². The molecule has 0 bridgehead atoms. The Balaban J connectivity index is 2.06. The highest BCUT2D eigenvalue weighted by molar-refractivity contribution is 5.48. The van der Waals surface area contributed by atoms with E-state index in [1.807, 2.05) is 12.1 Å². The number of anilines is 2. The lowest BCUT2D eigenvalue weighted by Crippen LogP contribution is -2.61. The lowest BCUT2D eigenvalue weighted by Gasteiger charge is -2.47. The molecule has 2 N–H and O–H groups in total. The zero-order valence-electron chi connectivity index (χ0n) is 8.53. The van der Waals surface area contributed by atoms with Gasteiger partial charge in [-0.2, -0.15) is 0 Å². The zero-order chi connectivity index (χ0) is 10.2. The molecule has 0 saturated carbocycles. The van der Waals surface area contributed by atoms with Gasteiger partial charge in [-0.3, -0.25) is 0 Å². The van der Waals surface area contributed by atoms with Crippen LogP contribution in [0.4, 0.5) is 11.6 Å². The minimum Gasteiger partial charge on any atom is -0.384 e. The van der Waals surface area contributed by atoms with Crippen molar-refractivity contribution in [2.75, 3.05) is 30.8 Å². The van der Waals surface area contributed by atoms with Crippen LogP contribution < -0.4 is 10.6 Å². The molecule has 0 spiro atoms. The third kappa shape index (κ3) is 1.53. The first-order valence-electron chi connectivity index (χ1n) is 4.66. The fourth-order valence-corrected chi connectivity index (χ4v) is 1.67. The van der Waals surface area contributed by atoms with E-state index in [9.17, 15) is 0 Å². The molecule has 1 saturated heterocycles. The minimum absolute atomic E-state index is 0.0215. The maximum Gasteiger partial charge on any atom is 0.131 e. The fraction of sp³-hybridized carbons (Fsp3) is 0.500. The van der Waals surface area contributed by atoms with Gasteiger partial charge in [0.25, 0.3) is 0 Å². The number of hydrogen-bond donors (Lipinski definition) is 1. The maximum atomic E-state index is 5.61. The van der Waals surface area contributed by atoms with E-state index in [4.69, 9.17) is 10.5 Å². The van der Waals surface area contributed by atoms with Gasteiger partial charge in [0.2, 0.25) is 0 Å². The van der Waals surface area contributed by atoms with E-state index in [1.54, 1.807) is 13.2 Å². The van der Waals surface area contributed by atoms with E-state index in [2.05, 4.69) is 16.8 Å². The van der Waals surface area contributed by atoms with Crippen molar-refractivity contribution in [3.63, 3.8) is 0 Å². The molecule has 1 aromatic heterocycles. The van der Waals surface area contributed by atoms with Crippen molar-refractivity contribution in [1.29, 1.82) is 0 Å². The molecule has 0 atom stereocenters. The summed E-state index contributed by atoms with van der Waals surface area (Å²) in [5.74, 6) is 1.49. The van der Waals surface area contributed by atoms with E-state index < -0.39 is 0 Å². The average molecular weight is 193 g/mol. The van der Waals surface area contributed by atoms with Crippen molar-refractivity contribution in [3.8, 4) is 0 Å². The van der Waals surface area contributed by atoms with Gasteiger partial charge in [-0.05, 0) is 19.1 Å². The number of nitrogens with zero attached hydrogens (tertiary/aromatic N) is 2. The van der Waals surface area contributed by atoms with Gasteiger partial charge in [0.1, 0.15) is 11.6 Å². The molecule has 4 heteroatoms. The molecule has 2 rings (SSSR count). The van der Waals surface area contributed by atoms with Gasteiger partial charge in [0.05, 0.1) is 5.60 Å². The Morgan fingerprint density at radius 2 is 2.21 bits per heavy atom. The van der Waals surface area contributed by atoms with E-state index >= 15 is 0 Å². The van der Waals surface area contributed by atoms with E-state index in [0.29, 0.717) is 5.82 Å². The molecule has 4 nitrogen and oxygen atoms in total. The van der Waals surface area contributed by atoms with Crippen molar-refractivity contribution in [2.24, 2.45) is 0 Å². The van der Waals surface area contributed by atoms with Crippen LogP contribution in [0, 0.1) is 0 Å². The Bertz CT molecular complexity index is 334. The largest absolute Gasteiger partial charge is 0.384 e. The number of pyridine rings is 1. The van der Waals surface area contributed by atoms with Gasteiger partial charge >= 0.3 is 0 Å². The van der Waals surface area contributed by atoms with Crippen LogP contribution in [-0.4, -0.2) is 30.8 Å². The Hall–Kier alpha value is -1.29. The Kier molecular flexibility index (Phi) is 2.07. The quantitative estimate of drug-likeness (QED) is 0.757. The van der Waals surface area contributed by atoms with Gasteiger partial charge in [-0.25, -0.2) is 4.98 Å². The highest BCUT2D eigenvalue weighted by atomic mass is 16.5. The maximum absolute atomic E-state index is 5.61. The Labute approximate surface area is 83.7 Å². The van der Waals surface area contributed by atoms with Crippen LogP contribution in [0.3, 0.4) is 0 Å². The summed E-state index contributed by atoms with van der Waals surface area (Å²) >= 11 is 0. The summed E-state index contributed by atoms with van der Waals surface area (Å²) in [4.78, 5) is 6.40. The number of hydrogen-bond acceptors (Lipinski definition) is 4. The van der Waals surface area contributed by atoms with E-state index in [0.717, 1.165) is 18.9 Å². The average Bonchev–Trinajstić information content (AvgIpc) is 2.13. The number of nitrogen functional groups attached to an aromatic ring is 1. The summed E-state index contributed by atoms with van der Waals surface area (Å²) in [7, 11) is 1.74. The van der Waals surface area contributed by atoms with Crippen LogP contribution in [0.2, 0.25) is 0 Å². The molecule has 0 amide bonds. The van der Waals surface area contributed by atoms with Crippen molar-refractivity contribution < 1.29 is 4.74 Å². The third-order valence-corrected chi connectivity index (χ3v) is 2.62. The van der Waals surface area contributed by atoms with Crippen molar-refractivity contribution in [2.45, 2.75) is 12.5 Å². The van der Waals surface area contributed by atoms with Gasteiger partial charge in [0, 0.05) is 20.2 Å². The molecule has 1 aliphatic heterocycles. The van der Waals surface area contributed by atoms with Gasteiger partial charge in [-0.15, -0.1) is 0 Å². The molecule has 2 heterocycles. The second kappa shape index (κ2) is 3.13. The first-order chi connectivity index (χ1) is 6.63. The van der Waals surface area contributed by atoms with Crippen molar-refractivity contribution in [3.05, 3.63) is 18.2 Å². The summed E-state index contributed by atoms with van der Waals surface area (Å²) in [6.07, 6.45) is 0. The summed E-state index contributed by atoms with van der Waals surface area (Å²) in [6.45, 7) is 3.84. The molecule has 1 aromatic rings. The van der Waals surface area contributed by atoms with Crippen LogP contribution in [0.15, 0.2) is 18.2 Å². The lowest BCUT2D eigenvalue weighted by molar-refractivity contribution is -0.0171. The molecule has 76 valence electrons. The lowest BCUT2D eigenvalue weighted by atomic mass is 9.96. The summed E-state index contributed by atoms with van der Waals surface area (Å²) in [5.41, 5.74) is 5.58. The minimum atomic E-state index is -0.0215. The molecule has 1 fully saturated rings. The topological polar surface area (TPSA) is 51.4 Å². The van der Waals surface area contributed by atoms with Crippen LogP contribution in [0.1, 0.15) is 6.92 Å². The first-order valence-corrected chi connectivity index (χ1v) is 4.66. The molecule has 0 unspecified atom stereocenters. The number of nitrogens with two attached hydrogens (primary N) is 1. The zero-order valence-corrected chi connectivity index (χ0v) is 8.53. The number of aromatic nitrogens is 1. The van der Waals surface area contributed by atoms with Crippen LogP contribution in [0.25, 0.3) is 0 Å².